The van der Waals surface area contributed by atoms with E-state index in [0.29, 0.717) is 18.1 Å². The SMILES string of the molecule is CN1CCN(CCNS(=O)(=O)c2ccc(Cl)c(N)c2)CC1. The van der Waals surface area contributed by atoms with Crippen molar-refractivity contribution in [3.63, 3.8) is 0 Å². The van der Waals surface area contributed by atoms with Crippen LogP contribution in [0.3, 0.4) is 0 Å². The predicted octanol–water partition coefficient (Wildman–Crippen LogP) is 0.448. The molecule has 0 spiro atoms. The number of nitrogens with one attached hydrogen (secondary N) is 1. The lowest BCUT2D eigenvalue weighted by atomic mass is 10.3. The third-order valence-corrected chi connectivity index (χ3v) is 5.40. The molecule has 8 heteroatoms. The van der Waals surface area contributed by atoms with Crippen LogP contribution in [-0.2, 0) is 10.0 Å². The fourth-order valence-electron chi connectivity index (χ4n) is 2.18. The van der Waals surface area contributed by atoms with E-state index in [1.807, 2.05) is 0 Å². The van der Waals surface area contributed by atoms with Gasteiger partial charge in [0.2, 0.25) is 10.0 Å². The van der Waals surface area contributed by atoms with Crippen LogP contribution >= 0.6 is 11.6 Å². The average Bonchev–Trinajstić information content (AvgIpc) is 2.44. The molecule has 1 aromatic carbocycles. The summed E-state index contributed by atoms with van der Waals surface area (Å²) in [7, 11) is -1.45. The zero-order chi connectivity index (χ0) is 15.5. The second-order valence-electron chi connectivity index (χ2n) is 5.23. The quantitative estimate of drug-likeness (QED) is 0.765. The molecule has 2 rings (SSSR count). The van der Waals surface area contributed by atoms with Crippen molar-refractivity contribution in [2.24, 2.45) is 0 Å². The first-order chi connectivity index (χ1) is 9.88. The fourth-order valence-corrected chi connectivity index (χ4v) is 3.36. The van der Waals surface area contributed by atoms with Crippen molar-refractivity contribution in [2.45, 2.75) is 4.90 Å². The second-order valence-corrected chi connectivity index (χ2v) is 7.40. The molecule has 0 radical (unpaired) electrons. The van der Waals surface area contributed by atoms with E-state index in [2.05, 4.69) is 21.6 Å². The number of halogens is 1. The molecule has 0 atom stereocenters. The number of benzene rings is 1. The number of piperazine rings is 1. The molecule has 0 amide bonds. The van der Waals surface area contributed by atoms with Crippen molar-refractivity contribution < 1.29 is 8.42 Å². The number of nitrogen functional groups attached to an aromatic ring is 1. The Bertz CT molecular complexity index is 586. The Morgan fingerprint density at radius 1 is 1.29 bits per heavy atom. The van der Waals surface area contributed by atoms with Crippen LogP contribution in [0.5, 0.6) is 0 Å². The minimum Gasteiger partial charge on any atom is -0.397 e. The van der Waals surface area contributed by atoms with Crippen LogP contribution in [0, 0.1) is 0 Å². The van der Waals surface area contributed by atoms with Gasteiger partial charge in [-0.25, -0.2) is 13.1 Å². The van der Waals surface area contributed by atoms with E-state index < -0.39 is 10.0 Å². The second kappa shape index (κ2) is 6.93. The van der Waals surface area contributed by atoms with Gasteiger partial charge >= 0.3 is 0 Å². The molecular formula is C13H21ClN4O2S. The summed E-state index contributed by atoms with van der Waals surface area (Å²) < 4.78 is 26.9. The van der Waals surface area contributed by atoms with Crippen molar-refractivity contribution in [3.8, 4) is 0 Å². The number of nitrogens with zero attached hydrogens (tertiary/aromatic N) is 2. The zero-order valence-electron chi connectivity index (χ0n) is 12.0. The van der Waals surface area contributed by atoms with Crippen LogP contribution in [-0.4, -0.2) is 64.5 Å². The van der Waals surface area contributed by atoms with Gasteiger partial charge in [0.1, 0.15) is 0 Å². The molecule has 1 heterocycles. The number of hydrogen-bond acceptors (Lipinski definition) is 5. The van der Waals surface area contributed by atoms with E-state index in [4.69, 9.17) is 17.3 Å². The molecule has 1 saturated heterocycles. The van der Waals surface area contributed by atoms with E-state index in [9.17, 15) is 8.42 Å². The number of likely N-dealkylation sites (N-methyl/N-ethyl adjacent to an activating group) is 1. The Morgan fingerprint density at radius 2 is 1.95 bits per heavy atom. The first-order valence-electron chi connectivity index (χ1n) is 6.84. The summed E-state index contributed by atoms with van der Waals surface area (Å²) in [5.74, 6) is 0. The molecule has 1 aliphatic rings. The number of anilines is 1. The summed E-state index contributed by atoms with van der Waals surface area (Å²) in [5, 5.41) is 0.353. The lowest BCUT2D eigenvalue weighted by molar-refractivity contribution is 0.156. The summed E-state index contributed by atoms with van der Waals surface area (Å²) in [5.41, 5.74) is 5.90. The van der Waals surface area contributed by atoms with Crippen LogP contribution in [0.1, 0.15) is 0 Å². The van der Waals surface area contributed by atoms with E-state index in [1.54, 1.807) is 0 Å². The highest BCUT2D eigenvalue weighted by Crippen LogP contribution is 2.21. The molecule has 1 fully saturated rings. The molecule has 6 nitrogen and oxygen atoms in total. The average molecular weight is 333 g/mol. The maximum atomic E-state index is 12.2. The molecule has 1 aliphatic heterocycles. The Kier molecular flexibility index (Phi) is 5.45. The van der Waals surface area contributed by atoms with Gasteiger partial charge in [0.25, 0.3) is 0 Å². The lowest BCUT2D eigenvalue weighted by Crippen LogP contribution is -2.46. The van der Waals surface area contributed by atoms with Gasteiger partial charge < -0.3 is 10.6 Å². The molecule has 21 heavy (non-hydrogen) atoms. The number of hydrogen-bond donors (Lipinski definition) is 2. The van der Waals surface area contributed by atoms with Crippen molar-refractivity contribution in [1.29, 1.82) is 0 Å². The molecule has 0 saturated carbocycles. The Balaban J connectivity index is 1.88. The van der Waals surface area contributed by atoms with Gasteiger partial charge in [-0.1, -0.05) is 11.6 Å². The van der Waals surface area contributed by atoms with Crippen molar-refractivity contribution in [1.82, 2.24) is 14.5 Å². The van der Waals surface area contributed by atoms with Gasteiger partial charge in [0.15, 0.2) is 0 Å². The molecule has 0 aromatic heterocycles. The standard InChI is InChI=1S/C13H21ClN4O2S/c1-17-6-8-18(9-7-17)5-4-16-21(19,20)11-2-3-12(14)13(15)10-11/h2-3,10,16H,4-9,15H2,1H3. The molecule has 0 unspecified atom stereocenters. The van der Waals surface area contributed by atoms with Gasteiger partial charge in [0, 0.05) is 39.3 Å². The summed E-state index contributed by atoms with van der Waals surface area (Å²) >= 11 is 5.80. The normalized spacial score (nSPS) is 18.0. The topological polar surface area (TPSA) is 78.7 Å². The zero-order valence-corrected chi connectivity index (χ0v) is 13.6. The molecular weight excluding hydrogens is 312 g/mol. The Labute approximate surface area is 130 Å². The highest BCUT2D eigenvalue weighted by Gasteiger charge is 2.17. The summed E-state index contributed by atoms with van der Waals surface area (Å²) in [6.07, 6.45) is 0. The van der Waals surface area contributed by atoms with Gasteiger partial charge in [-0.05, 0) is 25.2 Å². The number of nitrogens with two attached hydrogens (primary N) is 1. The number of rotatable bonds is 5. The van der Waals surface area contributed by atoms with Gasteiger partial charge in [-0.15, -0.1) is 0 Å². The molecule has 3 N–H and O–H groups in total. The van der Waals surface area contributed by atoms with E-state index >= 15 is 0 Å². The van der Waals surface area contributed by atoms with Crippen LogP contribution in [0.4, 0.5) is 5.69 Å². The number of sulfonamides is 1. The van der Waals surface area contributed by atoms with Gasteiger partial charge in [-0.2, -0.15) is 0 Å². The molecule has 1 aromatic rings. The van der Waals surface area contributed by atoms with Crippen molar-refractivity contribution in [2.75, 3.05) is 52.0 Å². The predicted molar refractivity (Wildman–Crippen MR) is 85.0 cm³/mol. The van der Waals surface area contributed by atoms with Gasteiger partial charge in [-0.3, -0.25) is 4.90 Å². The first kappa shape index (κ1) is 16.5. The van der Waals surface area contributed by atoms with E-state index in [1.165, 1.54) is 18.2 Å². The minimum atomic E-state index is -3.54. The minimum absolute atomic E-state index is 0.141. The van der Waals surface area contributed by atoms with Crippen molar-refractivity contribution >= 4 is 27.3 Å². The first-order valence-corrected chi connectivity index (χ1v) is 8.70. The fraction of sp³-hybridized carbons (Fsp3) is 0.538. The van der Waals surface area contributed by atoms with E-state index in [0.717, 1.165) is 26.2 Å². The van der Waals surface area contributed by atoms with Crippen LogP contribution < -0.4 is 10.5 Å². The smallest absolute Gasteiger partial charge is 0.240 e. The summed E-state index contributed by atoms with van der Waals surface area (Å²) in [4.78, 5) is 4.65. The van der Waals surface area contributed by atoms with Crippen molar-refractivity contribution in [3.05, 3.63) is 23.2 Å². The third-order valence-electron chi connectivity index (χ3n) is 3.59. The maximum absolute atomic E-state index is 12.2. The largest absolute Gasteiger partial charge is 0.397 e. The van der Waals surface area contributed by atoms with Crippen LogP contribution in [0.15, 0.2) is 23.1 Å². The van der Waals surface area contributed by atoms with E-state index in [-0.39, 0.29) is 10.6 Å². The third kappa shape index (κ3) is 4.55. The molecule has 0 aliphatic carbocycles. The van der Waals surface area contributed by atoms with Gasteiger partial charge in [0.05, 0.1) is 15.6 Å². The molecule has 0 bridgehead atoms. The highest BCUT2D eigenvalue weighted by molar-refractivity contribution is 7.89. The van der Waals surface area contributed by atoms with Crippen LogP contribution in [0.2, 0.25) is 5.02 Å². The summed E-state index contributed by atoms with van der Waals surface area (Å²) in [6.45, 7) is 5.05. The Morgan fingerprint density at radius 3 is 2.57 bits per heavy atom. The molecule has 118 valence electrons. The lowest BCUT2D eigenvalue weighted by Gasteiger charge is -2.32. The summed E-state index contributed by atoms with van der Waals surface area (Å²) in [6, 6.07) is 4.32. The highest BCUT2D eigenvalue weighted by atomic mass is 35.5. The monoisotopic (exact) mass is 332 g/mol. The van der Waals surface area contributed by atoms with Crippen LogP contribution in [0.25, 0.3) is 0 Å². The Hall–Kier alpha value is -0.860. The maximum Gasteiger partial charge on any atom is 0.240 e.